The number of carbonyl (C=O) groups is 1. The highest BCUT2D eigenvalue weighted by molar-refractivity contribution is 5.91. The van der Waals surface area contributed by atoms with E-state index in [1.807, 2.05) is 6.92 Å². The lowest BCUT2D eigenvalue weighted by Crippen LogP contribution is -2.28. The summed E-state index contributed by atoms with van der Waals surface area (Å²) in [6.07, 6.45) is 6.77. The van der Waals surface area contributed by atoms with E-state index in [1.54, 1.807) is 4.90 Å². The van der Waals surface area contributed by atoms with Crippen LogP contribution in [0.4, 0.5) is 17.1 Å². The first kappa shape index (κ1) is 22.3. The van der Waals surface area contributed by atoms with Gasteiger partial charge >= 0.3 is 0 Å². The summed E-state index contributed by atoms with van der Waals surface area (Å²) in [5.74, 6) is -1.69. The minimum absolute atomic E-state index is 0.134. The van der Waals surface area contributed by atoms with Gasteiger partial charge < -0.3 is 14.8 Å². The first-order chi connectivity index (χ1) is 12.8. The summed E-state index contributed by atoms with van der Waals surface area (Å²) in [6, 6.07) is 1.67. The smallest absolute Gasteiger partial charge is 0.300 e. The van der Waals surface area contributed by atoms with Gasteiger partial charge in [0.1, 0.15) is 0 Å². The molecule has 0 aromatic heterocycles. The minimum Gasteiger partial charge on any atom is -0.545 e. The molecule has 9 nitrogen and oxygen atoms in total. The van der Waals surface area contributed by atoms with Crippen molar-refractivity contribution in [3.8, 4) is 0 Å². The Hall–Kier alpha value is -2.71. The van der Waals surface area contributed by atoms with Crippen LogP contribution in [0.1, 0.15) is 69.2 Å². The predicted molar refractivity (Wildman–Crippen MR) is 100.0 cm³/mol. The third-order valence-electron chi connectivity index (χ3n) is 4.29. The number of rotatable bonds is 13. The second-order valence-corrected chi connectivity index (χ2v) is 6.42. The molecule has 0 unspecified atom stereocenters. The molecule has 1 aromatic carbocycles. The summed E-state index contributed by atoms with van der Waals surface area (Å²) in [6.45, 7) is 4.84. The molecule has 27 heavy (non-hydrogen) atoms. The molecule has 0 aliphatic carbocycles. The van der Waals surface area contributed by atoms with Crippen LogP contribution in [-0.4, -0.2) is 28.9 Å². The number of carboxylic acids is 1. The van der Waals surface area contributed by atoms with Gasteiger partial charge in [-0.05, 0) is 12.8 Å². The Labute approximate surface area is 158 Å². The van der Waals surface area contributed by atoms with Crippen molar-refractivity contribution in [2.24, 2.45) is 0 Å². The largest absolute Gasteiger partial charge is 0.545 e. The molecule has 0 spiro atoms. The van der Waals surface area contributed by atoms with E-state index in [4.69, 9.17) is 0 Å². The Balaban J connectivity index is 3.20. The van der Waals surface area contributed by atoms with Gasteiger partial charge in [0.25, 0.3) is 11.4 Å². The Bertz CT molecular complexity index is 642. The fourth-order valence-corrected chi connectivity index (χ4v) is 3.01. The minimum atomic E-state index is -1.69. The number of anilines is 1. The summed E-state index contributed by atoms with van der Waals surface area (Å²) in [5, 5.41) is 34.0. The molecule has 0 fully saturated rings. The van der Waals surface area contributed by atoms with Crippen molar-refractivity contribution < 1.29 is 19.7 Å². The normalized spacial score (nSPS) is 10.6. The van der Waals surface area contributed by atoms with E-state index in [0.29, 0.717) is 19.5 Å². The fourth-order valence-electron chi connectivity index (χ4n) is 3.01. The fraction of sp³-hybridized carbons (Fsp3) is 0.611. The van der Waals surface area contributed by atoms with E-state index >= 15 is 0 Å². The van der Waals surface area contributed by atoms with Crippen molar-refractivity contribution in [3.05, 3.63) is 37.9 Å². The van der Waals surface area contributed by atoms with Crippen LogP contribution in [0.2, 0.25) is 0 Å². The summed E-state index contributed by atoms with van der Waals surface area (Å²) in [5.41, 5.74) is -1.87. The van der Waals surface area contributed by atoms with E-state index in [-0.39, 0.29) is 5.69 Å². The lowest BCUT2D eigenvalue weighted by molar-refractivity contribution is -0.392. The maximum absolute atomic E-state index is 11.5. The first-order valence-electron chi connectivity index (χ1n) is 9.26. The first-order valence-corrected chi connectivity index (χ1v) is 9.26. The van der Waals surface area contributed by atoms with Crippen molar-refractivity contribution >= 4 is 23.0 Å². The van der Waals surface area contributed by atoms with Crippen molar-refractivity contribution in [2.45, 2.75) is 58.8 Å². The topological polar surface area (TPSA) is 130 Å². The number of hydrogen-bond acceptors (Lipinski definition) is 7. The van der Waals surface area contributed by atoms with Gasteiger partial charge in [-0.2, -0.15) is 0 Å². The van der Waals surface area contributed by atoms with Gasteiger partial charge in [-0.1, -0.05) is 46.0 Å². The highest BCUT2D eigenvalue weighted by Crippen LogP contribution is 2.39. The number of unbranched alkanes of at least 4 members (excludes halogenated alkanes) is 5. The molecule has 1 aromatic rings. The van der Waals surface area contributed by atoms with E-state index < -0.39 is 32.8 Å². The van der Waals surface area contributed by atoms with Gasteiger partial charge in [-0.3, -0.25) is 20.2 Å². The Morgan fingerprint density at radius 3 is 1.85 bits per heavy atom. The van der Waals surface area contributed by atoms with Crippen LogP contribution in [0.15, 0.2) is 12.1 Å². The maximum atomic E-state index is 11.5. The van der Waals surface area contributed by atoms with Crippen molar-refractivity contribution in [3.63, 3.8) is 0 Å². The lowest BCUT2D eigenvalue weighted by Gasteiger charge is -2.24. The van der Waals surface area contributed by atoms with E-state index in [0.717, 1.165) is 50.7 Å². The zero-order valence-corrected chi connectivity index (χ0v) is 15.8. The molecule has 0 saturated carbocycles. The van der Waals surface area contributed by atoms with Crippen LogP contribution in [0, 0.1) is 20.2 Å². The molecule has 9 heteroatoms. The molecule has 1 rings (SSSR count). The Morgan fingerprint density at radius 1 is 0.889 bits per heavy atom. The maximum Gasteiger partial charge on any atom is 0.300 e. The average Bonchev–Trinajstić information content (AvgIpc) is 2.62. The highest BCUT2D eigenvalue weighted by atomic mass is 16.6. The second-order valence-electron chi connectivity index (χ2n) is 6.42. The molecule has 0 aliphatic heterocycles. The molecule has 0 heterocycles. The third-order valence-corrected chi connectivity index (χ3v) is 4.29. The molecule has 0 N–H and O–H groups in total. The van der Waals surface area contributed by atoms with Crippen LogP contribution >= 0.6 is 0 Å². The van der Waals surface area contributed by atoms with Gasteiger partial charge in [-0.15, -0.1) is 0 Å². The zero-order valence-electron chi connectivity index (χ0n) is 15.8. The van der Waals surface area contributed by atoms with Crippen molar-refractivity contribution in [2.75, 3.05) is 18.0 Å². The Morgan fingerprint density at radius 2 is 1.41 bits per heavy atom. The van der Waals surface area contributed by atoms with Gasteiger partial charge in [0.05, 0.1) is 15.8 Å². The number of aromatic carboxylic acids is 1. The van der Waals surface area contributed by atoms with Gasteiger partial charge in [0.2, 0.25) is 0 Å². The quantitative estimate of drug-likeness (QED) is 0.291. The molecule has 0 atom stereocenters. The molecule has 0 aliphatic rings. The number of nitrogens with zero attached hydrogens (tertiary/aromatic N) is 3. The second kappa shape index (κ2) is 11.1. The molecule has 0 saturated heterocycles. The van der Waals surface area contributed by atoms with E-state index in [2.05, 4.69) is 6.92 Å². The van der Waals surface area contributed by atoms with E-state index in [9.17, 15) is 30.1 Å². The van der Waals surface area contributed by atoms with Gasteiger partial charge in [0, 0.05) is 30.8 Å². The van der Waals surface area contributed by atoms with Crippen LogP contribution in [-0.2, 0) is 0 Å². The molecule has 0 amide bonds. The molecular weight excluding hydrogens is 354 g/mol. The van der Waals surface area contributed by atoms with Crippen LogP contribution < -0.4 is 10.0 Å². The number of benzene rings is 1. The SMILES string of the molecule is CCCCCCCCN(CCC)c1c([N+](=O)[O-])cc(C(=O)[O-])cc1[N+](=O)[O-]. The standard InChI is InChI=1S/C18H27N3O6/c1-3-5-6-7-8-9-11-19(10-4-2)17-15(20(24)25)12-14(18(22)23)13-16(17)21(26)27/h12-13H,3-11H2,1-2H3,(H,22,23)/p-1. The average molecular weight is 380 g/mol. The lowest BCUT2D eigenvalue weighted by atomic mass is 10.1. The molecule has 0 bridgehead atoms. The van der Waals surface area contributed by atoms with Crippen molar-refractivity contribution in [1.82, 2.24) is 0 Å². The number of nitro benzene ring substituents is 2. The monoisotopic (exact) mass is 380 g/mol. The van der Waals surface area contributed by atoms with Crippen LogP contribution in [0.5, 0.6) is 0 Å². The predicted octanol–water partition coefficient (Wildman–Crippen LogP) is 3.44. The molecule has 150 valence electrons. The van der Waals surface area contributed by atoms with Gasteiger partial charge in [-0.25, -0.2) is 0 Å². The number of hydrogen-bond donors (Lipinski definition) is 0. The summed E-state index contributed by atoms with van der Waals surface area (Å²) < 4.78 is 0. The van der Waals surface area contributed by atoms with Crippen molar-refractivity contribution in [1.29, 1.82) is 0 Å². The summed E-state index contributed by atoms with van der Waals surface area (Å²) >= 11 is 0. The zero-order chi connectivity index (χ0) is 20.4. The Kier molecular flexibility index (Phi) is 9.18. The summed E-state index contributed by atoms with van der Waals surface area (Å²) in [7, 11) is 0. The van der Waals surface area contributed by atoms with Crippen LogP contribution in [0.25, 0.3) is 0 Å². The van der Waals surface area contributed by atoms with E-state index in [1.165, 1.54) is 0 Å². The third kappa shape index (κ3) is 6.50. The number of carbonyl (C=O) groups excluding carboxylic acids is 1. The highest BCUT2D eigenvalue weighted by Gasteiger charge is 2.31. The molecular formula is C18H26N3O6-. The van der Waals surface area contributed by atoms with Crippen LogP contribution in [0.3, 0.4) is 0 Å². The van der Waals surface area contributed by atoms with Gasteiger partial charge in [0.15, 0.2) is 5.69 Å². The molecule has 0 radical (unpaired) electrons. The summed E-state index contributed by atoms with van der Waals surface area (Å²) in [4.78, 5) is 34.1. The number of nitro groups is 2. The number of carboxylic acid groups (broad SMARTS) is 1.